The Balaban J connectivity index is 0. The average Bonchev–Trinajstić information content (AvgIpc) is 2.61. The van der Waals surface area contributed by atoms with Crippen LogP contribution in [0.5, 0.6) is 0 Å². The molecule has 0 fully saturated rings. The zero-order valence-electron chi connectivity index (χ0n) is 18.1. The van der Waals surface area contributed by atoms with Crippen molar-refractivity contribution in [3.05, 3.63) is 35.9 Å². The first-order chi connectivity index (χ1) is 13.8. The molecule has 1 rings (SSSR count). The summed E-state index contributed by atoms with van der Waals surface area (Å²) in [5, 5.41) is 0. The zero-order chi connectivity index (χ0) is 23.7. The van der Waals surface area contributed by atoms with Crippen LogP contribution in [0.25, 0.3) is 0 Å². The quantitative estimate of drug-likeness (QED) is 0.278. The van der Waals surface area contributed by atoms with Crippen molar-refractivity contribution in [2.75, 3.05) is 19.6 Å². The standard InChI is InChI=1S/C19H34N.2H2O4S/c1-4-7-15-20(16-8-5-2,17-9-6-3)18-19-13-11-10-12-14-19;2*1-5(2,3)4/h10-14H,4-9,15-18H2,1-3H3;2*(H2,1,2,3,4)/q+1;;. The van der Waals surface area contributed by atoms with Gasteiger partial charge < -0.3 is 4.48 Å². The van der Waals surface area contributed by atoms with Crippen LogP contribution in [0.2, 0.25) is 0 Å². The van der Waals surface area contributed by atoms with E-state index in [-0.39, 0.29) is 0 Å². The third-order valence-electron chi connectivity index (χ3n) is 4.32. The van der Waals surface area contributed by atoms with Gasteiger partial charge in [-0.05, 0) is 19.3 Å². The molecular formula is C19H38NO8S2+. The molecule has 0 aliphatic carbocycles. The molecule has 0 aliphatic rings. The summed E-state index contributed by atoms with van der Waals surface area (Å²) in [6, 6.07) is 11.1. The molecule has 0 spiro atoms. The molecule has 0 atom stereocenters. The van der Waals surface area contributed by atoms with Gasteiger partial charge in [0, 0.05) is 5.56 Å². The van der Waals surface area contributed by atoms with E-state index < -0.39 is 20.8 Å². The Labute approximate surface area is 181 Å². The minimum Gasteiger partial charge on any atom is -0.320 e. The molecular weight excluding hydrogens is 434 g/mol. The van der Waals surface area contributed by atoms with Crippen molar-refractivity contribution < 1.29 is 39.5 Å². The lowest BCUT2D eigenvalue weighted by Gasteiger charge is -2.39. The van der Waals surface area contributed by atoms with Gasteiger partial charge in [-0.3, -0.25) is 18.2 Å². The summed E-state index contributed by atoms with van der Waals surface area (Å²) in [5.41, 5.74) is 1.51. The minimum atomic E-state index is -4.67. The lowest BCUT2D eigenvalue weighted by atomic mass is 10.1. The first-order valence-corrected chi connectivity index (χ1v) is 12.8. The smallest absolute Gasteiger partial charge is 0.320 e. The van der Waals surface area contributed by atoms with Gasteiger partial charge in [0.25, 0.3) is 0 Å². The second kappa shape index (κ2) is 16.6. The van der Waals surface area contributed by atoms with E-state index in [4.69, 9.17) is 35.0 Å². The number of hydrogen-bond acceptors (Lipinski definition) is 4. The predicted molar refractivity (Wildman–Crippen MR) is 118 cm³/mol. The molecule has 0 aliphatic heterocycles. The molecule has 1 aromatic rings. The Morgan fingerprint density at radius 2 is 0.967 bits per heavy atom. The fourth-order valence-electron chi connectivity index (χ4n) is 3.02. The SMILES string of the molecule is CCCC[N+](CCCC)(CCCC)Cc1ccccc1.O=S(=O)(O)O.O=S(=O)(O)O. The number of nitrogens with zero attached hydrogens (tertiary/aromatic N) is 1. The van der Waals surface area contributed by atoms with Crippen LogP contribution in [0.3, 0.4) is 0 Å². The molecule has 30 heavy (non-hydrogen) atoms. The highest BCUT2D eigenvalue weighted by atomic mass is 32.3. The normalized spacial score (nSPS) is 11.7. The number of hydrogen-bond donors (Lipinski definition) is 4. The molecule has 0 unspecified atom stereocenters. The van der Waals surface area contributed by atoms with E-state index in [1.54, 1.807) is 0 Å². The molecule has 0 aromatic heterocycles. The molecule has 0 bridgehead atoms. The number of benzene rings is 1. The second-order valence-corrected chi connectivity index (χ2v) is 8.90. The molecule has 1 aromatic carbocycles. The van der Waals surface area contributed by atoms with Crippen LogP contribution in [0.4, 0.5) is 0 Å². The first-order valence-electron chi connectivity index (χ1n) is 10.0. The maximum absolute atomic E-state index is 8.74. The Bertz CT molecular complexity index is 669. The largest absolute Gasteiger partial charge is 0.394 e. The minimum absolute atomic E-state index is 1.22. The lowest BCUT2D eigenvalue weighted by Crippen LogP contribution is -2.49. The van der Waals surface area contributed by atoms with E-state index in [1.807, 2.05) is 0 Å². The van der Waals surface area contributed by atoms with Crippen LogP contribution in [-0.4, -0.2) is 59.2 Å². The van der Waals surface area contributed by atoms with Crippen molar-refractivity contribution >= 4 is 20.8 Å². The van der Waals surface area contributed by atoms with E-state index in [9.17, 15) is 0 Å². The fourth-order valence-corrected chi connectivity index (χ4v) is 3.02. The summed E-state index contributed by atoms with van der Waals surface area (Å²) in [7, 11) is -9.33. The van der Waals surface area contributed by atoms with Gasteiger partial charge in [0.15, 0.2) is 0 Å². The Hall–Kier alpha value is -1.08. The van der Waals surface area contributed by atoms with Gasteiger partial charge in [-0.1, -0.05) is 70.4 Å². The highest BCUT2D eigenvalue weighted by molar-refractivity contribution is 7.80. The third kappa shape index (κ3) is 25.0. The Morgan fingerprint density at radius 3 is 1.23 bits per heavy atom. The van der Waals surface area contributed by atoms with Crippen LogP contribution < -0.4 is 0 Å². The number of quaternary nitrogens is 1. The van der Waals surface area contributed by atoms with Gasteiger partial charge in [0.2, 0.25) is 0 Å². The van der Waals surface area contributed by atoms with Crippen LogP contribution in [0, 0.1) is 0 Å². The number of rotatable bonds is 11. The monoisotopic (exact) mass is 472 g/mol. The van der Waals surface area contributed by atoms with Crippen LogP contribution in [0.15, 0.2) is 30.3 Å². The molecule has 0 saturated carbocycles. The van der Waals surface area contributed by atoms with Crippen molar-refractivity contribution in [1.82, 2.24) is 0 Å². The number of unbranched alkanes of at least 4 members (excludes halogenated alkanes) is 3. The molecule has 9 nitrogen and oxygen atoms in total. The zero-order valence-corrected chi connectivity index (χ0v) is 19.8. The van der Waals surface area contributed by atoms with Crippen LogP contribution in [0.1, 0.15) is 64.9 Å². The summed E-state index contributed by atoms with van der Waals surface area (Å²) in [6.45, 7) is 12.2. The van der Waals surface area contributed by atoms with E-state index in [1.165, 1.54) is 74.8 Å². The van der Waals surface area contributed by atoms with E-state index in [0.717, 1.165) is 0 Å². The van der Waals surface area contributed by atoms with Crippen LogP contribution in [-0.2, 0) is 27.3 Å². The molecule has 0 heterocycles. The van der Waals surface area contributed by atoms with Gasteiger partial charge in [-0.2, -0.15) is 16.8 Å². The van der Waals surface area contributed by atoms with E-state index in [0.29, 0.717) is 0 Å². The van der Waals surface area contributed by atoms with Crippen molar-refractivity contribution in [3.63, 3.8) is 0 Å². The summed E-state index contributed by atoms with van der Waals surface area (Å²) in [4.78, 5) is 0. The van der Waals surface area contributed by atoms with Gasteiger partial charge >= 0.3 is 20.8 Å². The Morgan fingerprint density at radius 1 is 0.667 bits per heavy atom. The average molecular weight is 473 g/mol. The molecule has 178 valence electrons. The third-order valence-corrected chi connectivity index (χ3v) is 4.32. The first kappa shape index (κ1) is 31.1. The molecule has 0 radical (unpaired) electrons. The van der Waals surface area contributed by atoms with Crippen molar-refractivity contribution in [3.8, 4) is 0 Å². The molecule has 11 heteroatoms. The summed E-state index contributed by atoms with van der Waals surface area (Å²) < 4.78 is 64.5. The fraction of sp³-hybridized carbons (Fsp3) is 0.684. The molecule has 0 amide bonds. The maximum Gasteiger partial charge on any atom is 0.394 e. The van der Waals surface area contributed by atoms with Gasteiger partial charge in [-0.15, -0.1) is 0 Å². The Kier molecular flexibility index (Phi) is 17.2. The lowest BCUT2D eigenvalue weighted by molar-refractivity contribution is -0.941. The van der Waals surface area contributed by atoms with Crippen molar-refractivity contribution in [2.45, 2.75) is 65.8 Å². The summed E-state index contributed by atoms with van der Waals surface area (Å²) in [6.07, 6.45) is 8.02. The topological polar surface area (TPSA) is 149 Å². The van der Waals surface area contributed by atoms with Gasteiger partial charge in [-0.25, -0.2) is 0 Å². The summed E-state index contributed by atoms with van der Waals surface area (Å²) in [5.74, 6) is 0. The summed E-state index contributed by atoms with van der Waals surface area (Å²) >= 11 is 0. The highest BCUT2D eigenvalue weighted by Crippen LogP contribution is 2.19. The molecule has 0 saturated heterocycles. The highest BCUT2D eigenvalue weighted by Gasteiger charge is 2.25. The van der Waals surface area contributed by atoms with Gasteiger partial charge in [0.05, 0.1) is 19.6 Å². The van der Waals surface area contributed by atoms with Crippen LogP contribution >= 0.6 is 0 Å². The van der Waals surface area contributed by atoms with Crippen molar-refractivity contribution in [1.29, 1.82) is 0 Å². The molecule has 4 N–H and O–H groups in total. The van der Waals surface area contributed by atoms with Gasteiger partial charge in [0.1, 0.15) is 6.54 Å². The maximum atomic E-state index is 8.74. The van der Waals surface area contributed by atoms with E-state index in [2.05, 4.69) is 51.1 Å². The second-order valence-electron chi connectivity index (χ2n) is 7.11. The predicted octanol–water partition coefficient (Wildman–Crippen LogP) is 4.10. The van der Waals surface area contributed by atoms with Crippen molar-refractivity contribution in [2.24, 2.45) is 0 Å². The van der Waals surface area contributed by atoms with E-state index >= 15 is 0 Å².